The first-order valence-corrected chi connectivity index (χ1v) is 7.62. The number of ether oxygens (including phenoxy) is 1. The number of aromatic nitrogens is 2. The molecule has 0 aliphatic carbocycles. The lowest BCUT2D eigenvalue weighted by Crippen LogP contribution is -2.42. The minimum absolute atomic E-state index is 0.104. The topological polar surface area (TPSA) is 76.5 Å². The van der Waals surface area contributed by atoms with E-state index in [0.717, 1.165) is 35.7 Å². The smallest absolute Gasteiger partial charge is 0.243 e. The quantitative estimate of drug-likeness (QED) is 0.829. The number of rotatable bonds is 5. The van der Waals surface area contributed by atoms with E-state index in [-0.39, 0.29) is 11.9 Å². The van der Waals surface area contributed by atoms with Crippen molar-refractivity contribution in [2.45, 2.75) is 25.4 Å². The number of carbonyl (C=O) groups excluding carboxylic acids is 2. The molecule has 0 bridgehead atoms. The van der Waals surface area contributed by atoms with Crippen LogP contribution in [0.4, 0.5) is 0 Å². The molecule has 1 unspecified atom stereocenters. The second-order valence-electron chi connectivity index (χ2n) is 5.70. The van der Waals surface area contributed by atoms with Crippen LogP contribution in [0.15, 0.2) is 18.2 Å². The zero-order valence-electron chi connectivity index (χ0n) is 13.3. The Morgan fingerprint density at radius 3 is 3.09 bits per heavy atom. The van der Waals surface area contributed by atoms with Crippen molar-refractivity contribution in [3.63, 3.8) is 0 Å². The van der Waals surface area contributed by atoms with Gasteiger partial charge in [-0.1, -0.05) is 6.07 Å². The summed E-state index contributed by atoms with van der Waals surface area (Å²) in [6.45, 7) is 1.07. The first kappa shape index (κ1) is 15.3. The number of nitrogens with one attached hydrogen (secondary N) is 1. The molecule has 7 nitrogen and oxygen atoms in total. The standard InChI is InChI=1S/C16H20N4O3/c1-19-13-6-5-11(8-12(13)16(18-19)23-2)9-17-15(22)14-4-3-7-20(14)10-21/h5-6,8,10,14H,3-4,7,9H2,1-2H3,(H,17,22). The third-order valence-corrected chi connectivity index (χ3v) is 4.27. The molecule has 1 N–H and O–H groups in total. The SMILES string of the molecule is COc1nn(C)c2ccc(CNC(=O)C3CCCN3C=O)cc12. The molecular formula is C16H20N4O3. The molecule has 2 heterocycles. The minimum atomic E-state index is -0.343. The monoisotopic (exact) mass is 316 g/mol. The fourth-order valence-electron chi connectivity index (χ4n) is 3.05. The molecule has 122 valence electrons. The van der Waals surface area contributed by atoms with E-state index in [1.54, 1.807) is 16.7 Å². The summed E-state index contributed by atoms with van der Waals surface area (Å²) in [6, 6.07) is 5.53. The van der Waals surface area contributed by atoms with Gasteiger partial charge in [-0.05, 0) is 30.5 Å². The Balaban J connectivity index is 1.72. The van der Waals surface area contributed by atoms with E-state index in [0.29, 0.717) is 19.0 Å². The molecular weight excluding hydrogens is 296 g/mol. The molecule has 1 fully saturated rings. The lowest BCUT2D eigenvalue weighted by Gasteiger charge is -2.19. The van der Waals surface area contributed by atoms with Crippen molar-refractivity contribution < 1.29 is 14.3 Å². The van der Waals surface area contributed by atoms with Crippen molar-refractivity contribution in [2.24, 2.45) is 7.05 Å². The highest BCUT2D eigenvalue weighted by molar-refractivity contribution is 5.86. The summed E-state index contributed by atoms with van der Waals surface area (Å²) in [5, 5.41) is 8.11. The van der Waals surface area contributed by atoms with Crippen LogP contribution in [-0.2, 0) is 23.2 Å². The van der Waals surface area contributed by atoms with Crippen LogP contribution in [0.3, 0.4) is 0 Å². The van der Waals surface area contributed by atoms with Gasteiger partial charge in [0.15, 0.2) is 0 Å². The van der Waals surface area contributed by atoms with E-state index in [9.17, 15) is 9.59 Å². The Hall–Kier alpha value is -2.57. The number of aryl methyl sites for hydroxylation is 1. The summed E-state index contributed by atoms with van der Waals surface area (Å²) in [7, 11) is 3.45. The lowest BCUT2D eigenvalue weighted by molar-refractivity contribution is -0.131. The predicted octanol–water partition coefficient (Wildman–Crippen LogP) is 0.819. The molecule has 1 saturated heterocycles. The number of methoxy groups -OCH3 is 1. The zero-order chi connectivity index (χ0) is 16.4. The summed E-state index contributed by atoms with van der Waals surface area (Å²) < 4.78 is 7.03. The Kier molecular flexibility index (Phi) is 4.18. The highest BCUT2D eigenvalue weighted by Crippen LogP contribution is 2.25. The van der Waals surface area contributed by atoms with Gasteiger partial charge in [0.2, 0.25) is 18.2 Å². The lowest BCUT2D eigenvalue weighted by atomic mass is 10.1. The van der Waals surface area contributed by atoms with E-state index in [2.05, 4.69) is 10.4 Å². The minimum Gasteiger partial charge on any atom is -0.479 e. The normalized spacial score (nSPS) is 17.5. The average molecular weight is 316 g/mol. The van der Waals surface area contributed by atoms with Crippen molar-refractivity contribution in [3.05, 3.63) is 23.8 Å². The number of benzene rings is 1. The Labute approximate surface area is 134 Å². The average Bonchev–Trinajstić information content (AvgIpc) is 3.17. The molecule has 0 saturated carbocycles. The Morgan fingerprint density at radius 2 is 2.35 bits per heavy atom. The van der Waals surface area contributed by atoms with Gasteiger partial charge in [-0.15, -0.1) is 5.10 Å². The summed E-state index contributed by atoms with van der Waals surface area (Å²) in [5.74, 6) is 0.464. The largest absolute Gasteiger partial charge is 0.479 e. The van der Waals surface area contributed by atoms with E-state index in [1.807, 2.05) is 25.2 Å². The maximum Gasteiger partial charge on any atom is 0.243 e. The van der Waals surface area contributed by atoms with E-state index in [1.165, 1.54) is 0 Å². The van der Waals surface area contributed by atoms with Crippen LogP contribution in [0.5, 0.6) is 5.88 Å². The predicted molar refractivity (Wildman–Crippen MR) is 84.9 cm³/mol. The number of amides is 2. The number of hydrogen-bond donors (Lipinski definition) is 1. The number of hydrogen-bond acceptors (Lipinski definition) is 4. The van der Waals surface area contributed by atoms with Crippen LogP contribution in [0, 0.1) is 0 Å². The van der Waals surface area contributed by atoms with Gasteiger partial charge in [0.1, 0.15) is 6.04 Å². The number of likely N-dealkylation sites (tertiary alicyclic amines) is 1. The van der Waals surface area contributed by atoms with Gasteiger partial charge in [0.05, 0.1) is 18.0 Å². The van der Waals surface area contributed by atoms with E-state index in [4.69, 9.17) is 4.74 Å². The van der Waals surface area contributed by atoms with Crippen LogP contribution in [-0.4, -0.2) is 46.7 Å². The first-order valence-electron chi connectivity index (χ1n) is 7.62. The molecule has 2 aromatic rings. The van der Waals surface area contributed by atoms with Gasteiger partial charge in [-0.25, -0.2) is 0 Å². The molecule has 1 aromatic carbocycles. The maximum atomic E-state index is 12.2. The fourth-order valence-corrected chi connectivity index (χ4v) is 3.05. The number of nitrogens with zero attached hydrogens (tertiary/aromatic N) is 3. The second kappa shape index (κ2) is 6.28. The molecule has 1 aliphatic heterocycles. The zero-order valence-corrected chi connectivity index (χ0v) is 13.3. The summed E-state index contributed by atoms with van der Waals surface area (Å²) in [4.78, 5) is 24.7. The van der Waals surface area contributed by atoms with Crippen LogP contribution in [0.1, 0.15) is 18.4 Å². The van der Waals surface area contributed by atoms with Crippen LogP contribution in [0.25, 0.3) is 10.9 Å². The molecule has 1 atom stereocenters. The summed E-state index contributed by atoms with van der Waals surface area (Å²) in [5.41, 5.74) is 1.94. The first-order chi connectivity index (χ1) is 11.1. The Bertz CT molecular complexity index is 740. The van der Waals surface area contributed by atoms with Crippen molar-refractivity contribution in [3.8, 4) is 5.88 Å². The van der Waals surface area contributed by atoms with E-state index >= 15 is 0 Å². The van der Waals surface area contributed by atoms with Gasteiger partial charge < -0.3 is 15.0 Å². The highest BCUT2D eigenvalue weighted by atomic mass is 16.5. The fraction of sp³-hybridized carbons (Fsp3) is 0.438. The molecule has 23 heavy (non-hydrogen) atoms. The van der Waals surface area contributed by atoms with Gasteiger partial charge in [-0.3, -0.25) is 14.3 Å². The molecule has 0 spiro atoms. The van der Waals surface area contributed by atoms with Crippen molar-refractivity contribution >= 4 is 23.2 Å². The Morgan fingerprint density at radius 1 is 1.52 bits per heavy atom. The summed E-state index contributed by atoms with van der Waals surface area (Å²) >= 11 is 0. The van der Waals surface area contributed by atoms with Crippen LogP contribution in [0.2, 0.25) is 0 Å². The molecule has 2 amide bonds. The molecule has 7 heteroatoms. The van der Waals surface area contributed by atoms with Gasteiger partial charge in [-0.2, -0.15) is 0 Å². The maximum absolute atomic E-state index is 12.2. The molecule has 1 aliphatic rings. The van der Waals surface area contributed by atoms with Crippen LogP contribution >= 0.6 is 0 Å². The van der Waals surface area contributed by atoms with E-state index < -0.39 is 0 Å². The third kappa shape index (κ3) is 2.86. The van der Waals surface area contributed by atoms with Crippen molar-refractivity contribution in [1.82, 2.24) is 20.0 Å². The second-order valence-corrected chi connectivity index (χ2v) is 5.70. The highest BCUT2D eigenvalue weighted by Gasteiger charge is 2.29. The third-order valence-electron chi connectivity index (χ3n) is 4.27. The van der Waals surface area contributed by atoms with Gasteiger partial charge >= 0.3 is 0 Å². The van der Waals surface area contributed by atoms with Gasteiger partial charge in [0, 0.05) is 20.1 Å². The number of fused-ring (bicyclic) bond motifs is 1. The molecule has 3 rings (SSSR count). The van der Waals surface area contributed by atoms with Crippen LogP contribution < -0.4 is 10.1 Å². The number of carbonyl (C=O) groups is 2. The van der Waals surface area contributed by atoms with Crippen molar-refractivity contribution in [1.29, 1.82) is 0 Å². The molecule has 0 radical (unpaired) electrons. The molecule has 1 aromatic heterocycles. The van der Waals surface area contributed by atoms with Gasteiger partial charge in [0.25, 0.3) is 0 Å². The summed E-state index contributed by atoms with van der Waals surface area (Å²) in [6.07, 6.45) is 2.35. The van der Waals surface area contributed by atoms with Crippen molar-refractivity contribution in [2.75, 3.05) is 13.7 Å².